The van der Waals surface area contributed by atoms with Gasteiger partial charge in [0.25, 0.3) is 0 Å². The van der Waals surface area contributed by atoms with Gasteiger partial charge in [-0.25, -0.2) is 0 Å². The molecule has 1 aliphatic heterocycles. The van der Waals surface area contributed by atoms with Crippen molar-refractivity contribution in [1.29, 1.82) is 0 Å². The van der Waals surface area contributed by atoms with Gasteiger partial charge >= 0.3 is 0 Å². The molecule has 0 unspecified atom stereocenters. The number of likely N-dealkylation sites (tertiary alicyclic amines) is 1. The van der Waals surface area contributed by atoms with Gasteiger partial charge in [-0.1, -0.05) is 12.6 Å². The quantitative estimate of drug-likeness (QED) is 0.812. The lowest BCUT2D eigenvalue weighted by atomic mass is 9.91. The second-order valence-corrected chi connectivity index (χ2v) is 5.24. The third-order valence-corrected chi connectivity index (χ3v) is 4.04. The van der Waals surface area contributed by atoms with Gasteiger partial charge in [-0.15, -0.1) is 0 Å². The van der Waals surface area contributed by atoms with E-state index in [1.54, 1.807) is 0 Å². The Balaban J connectivity index is 2.19. The highest BCUT2D eigenvalue weighted by Crippen LogP contribution is 2.34. The lowest BCUT2D eigenvalue weighted by molar-refractivity contribution is 0.129. The largest absolute Gasteiger partial charge is 0.375 e. The molecular formula is C15H24N4. The van der Waals surface area contributed by atoms with Crippen LogP contribution >= 0.6 is 0 Å². The van der Waals surface area contributed by atoms with Crippen LogP contribution in [0.25, 0.3) is 0 Å². The first kappa shape index (κ1) is 14.0. The summed E-state index contributed by atoms with van der Waals surface area (Å²) >= 11 is 0. The molecule has 4 nitrogen and oxygen atoms in total. The summed E-state index contributed by atoms with van der Waals surface area (Å²) in [7, 11) is 2.16. The number of nitrogens with one attached hydrogen (secondary N) is 1. The van der Waals surface area contributed by atoms with Gasteiger partial charge in [0.2, 0.25) is 0 Å². The number of piperidine rings is 1. The zero-order chi connectivity index (χ0) is 13.8. The van der Waals surface area contributed by atoms with Crippen molar-refractivity contribution in [3.63, 3.8) is 0 Å². The minimum absolute atomic E-state index is 0.337. The molecule has 3 N–H and O–H groups in total. The van der Waals surface area contributed by atoms with Crippen molar-refractivity contribution >= 4 is 0 Å². The number of aromatic nitrogens is 1. The number of rotatable bonds is 4. The predicted molar refractivity (Wildman–Crippen MR) is 78.4 cm³/mol. The van der Waals surface area contributed by atoms with Crippen molar-refractivity contribution in [1.82, 2.24) is 15.2 Å². The smallest absolute Gasteiger partial charge is 0.0625 e. The lowest BCUT2D eigenvalue weighted by Crippen LogP contribution is -2.44. The number of likely N-dealkylation sites (N-methyl/N-ethyl adjacent to an activating group) is 1. The molecular weight excluding hydrogens is 236 g/mol. The van der Waals surface area contributed by atoms with Crippen LogP contribution in [0.1, 0.15) is 36.6 Å². The van der Waals surface area contributed by atoms with E-state index in [1.807, 2.05) is 12.3 Å². The molecule has 1 aliphatic rings. The Morgan fingerprint density at radius 2 is 2.37 bits per heavy atom. The molecule has 4 heteroatoms. The first-order valence-electron chi connectivity index (χ1n) is 6.91. The maximum absolute atomic E-state index is 5.55. The van der Waals surface area contributed by atoms with Gasteiger partial charge in [0, 0.05) is 17.9 Å². The molecule has 2 rings (SSSR count). The first-order chi connectivity index (χ1) is 9.15. The Hall–Kier alpha value is -1.39. The Morgan fingerprint density at radius 1 is 1.58 bits per heavy atom. The van der Waals surface area contributed by atoms with E-state index >= 15 is 0 Å². The average Bonchev–Trinajstić information content (AvgIpc) is 2.40. The van der Waals surface area contributed by atoms with Crippen LogP contribution in [0.15, 0.2) is 30.6 Å². The highest BCUT2D eigenvalue weighted by atomic mass is 15.2. The van der Waals surface area contributed by atoms with Crippen molar-refractivity contribution in [2.24, 2.45) is 5.73 Å². The van der Waals surface area contributed by atoms with Crippen LogP contribution in [-0.2, 0) is 0 Å². The monoisotopic (exact) mass is 260 g/mol. The number of nitrogens with zero attached hydrogens (tertiary/aromatic N) is 2. The van der Waals surface area contributed by atoms with Crippen LogP contribution in [0, 0.1) is 6.92 Å². The molecule has 1 aromatic rings. The first-order valence-corrected chi connectivity index (χ1v) is 6.91. The molecule has 19 heavy (non-hydrogen) atoms. The van der Waals surface area contributed by atoms with Crippen LogP contribution in [0.2, 0.25) is 0 Å². The summed E-state index contributed by atoms with van der Waals surface area (Å²) in [6, 6.07) is 4.83. The van der Waals surface area contributed by atoms with Gasteiger partial charge in [-0.2, -0.15) is 0 Å². The Morgan fingerprint density at radius 3 is 3.05 bits per heavy atom. The zero-order valence-corrected chi connectivity index (χ0v) is 11.9. The van der Waals surface area contributed by atoms with Crippen LogP contribution in [-0.4, -0.2) is 29.6 Å². The summed E-state index contributed by atoms with van der Waals surface area (Å²) in [6.45, 7) is 6.69. The van der Waals surface area contributed by atoms with Crippen LogP contribution in [0.5, 0.6) is 0 Å². The van der Waals surface area contributed by atoms with Crippen molar-refractivity contribution in [2.75, 3.05) is 13.7 Å². The molecule has 0 saturated carbocycles. The molecule has 0 bridgehead atoms. The number of nitrogens with two attached hydrogens (primary N) is 1. The highest BCUT2D eigenvalue weighted by Gasteiger charge is 2.31. The summed E-state index contributed by atoms with van der Waals surface area (Å²) < 4.78 is 0. The van der Waals surface area contributed by atoms with Crippen molar-refractivity contribution < 1.29 is 0 Å². The third kappa shape index (κ3) is 2.96. The van der Waals surface area contributed by atoms with Gasteiger partial charge in [-0.3, -0.25) is 9.88 Å². The average molecular weight is 260 g/mol. The van der Waals surface area contributed by atoms with E-state index < -0.39 is 0 Å². The predicted octanol–water partition coefficient (Wildman–Crippen LogP) is 1.93. The fraction of sp³-hybridized carbons (Fsp3) is 0.533. The highest BCUT2D eigenvalue weighted by molar-refractivity contribution is 5.23. The summed E-state index contributed by atoms with van der Waals surface area (Å²) in [5.74, 6) is 0. The van der Waals surface area contributed by atoms with Crippen LogP contribution in [0.3, 0.4) is 0 Å². The third-order valence-electron chi connectivity index (χ3n) is 4.04. The van der Waals surface area contributed by atoms with E-state index in [0.29, 0.717) is 18.8 Å². The van der Waals surface area contributed by atoms with E-state index in [0.717, 1.165) is 18.5 Å². The molecule has 1 fully saturated rings. The minimum Gasteiger partial charge on any atom is -0.375 e. The fourth-order valence-electron chi connectivity index (χ4n) is 2.97. The zero-order valence-electron chi connectivity index (χ0n) is 11.9. The molecule has 0 amide bonds. The molecule has 0 spiro atoms. The molecule has 0 radical (unpaired) electrons. The Kier molecular flexibility index (Phi) is 4.56. The van der Waals surface area contributed by atoms with Gasteiger partial charge in [0.1, 0.15) is 0 Å². The van der Waals surface area contributed by atoms with Gasteiger partial charge < -0.3 is 11.1 Å². The molecule has 104 valence electrons. The van der Waals surface area contributed by atoms with Crippen molar-refractivity contribution in [3.8, 4) is 0 Å². The molecule has 2 atom stereocenters. The summed E-state index contributed by atoms with van der Waals surface area (Å²) in [5.41, 5.74) is 9.02. The molecule has 0 aromatic carbocycles. The molecule has 0 aliphatic carbocycles. The summed E-state index contributed by atoms with van der Waals surface area (Å²) in [6.07, 6.45) is 5.36. The van der Waals surface area contributed by atoms with Crippen molar-refractivity contribution in [3.05, 3.63) is 41.9 Å². The summed E-state index contributed by atoms with van der Waals surface area (Å²) in [5, 5.41) is 3.15. The van der Waals surface area contributed by atoms with Crippen molar-refractivity contribution in [2.45, 2.75) is 38.3 Å². The number of pyridine rings is 1. The number of aryl methyl sites for hydroxylation is 1. The molecule has 1 saturated heterocycles. The Bertz CT molecular complexity index is 444. The van der Waals surface area contributed by atoms with Gasteiger partial charge in [0.15, 0.2) is 0 Å². The number of hydrogen-bond donors (Lipinski definition) is 2. The van der Waals surface area contributed by atoms with Crippen LogP contribution < -0.4 is 11.1 Å². The maximum Gasteiger partial charge on any atom is 0.0625 e. The maximum atomic E-state index is 5.55. The van der Waals surface area contributed by atoms with Gasteiger partial charge in [-0.05, 0) is 44.9 Å². The molecule has 2 heterocycles. The second-order valence-electron chi connectivity index (χ2n) is 5.24. The van der Waals surface area contributed by atoms with E-state index in [1.165, 1.54) is 17.7 Å². The van der Waals surface area contributed by atoms with E-state index in [2.05, 4.69) is 41.8 Å². The summed E-state index contributed by atoms with van der Waals surface area (Å²) in [4.78, 5) is 6.95. The Labute approximate surface area is 115 Å². The standard InChI is InChI=1S/C15H24N4/c1-11-6-5-9-17-15(11)14-8-4-7-13(19(14)3)12(2)18-10-16/h5-6,9,13-14,18H,2,4,7-8,10,16H2,1,3H3/t13-,14+/m1/s1. The minimum atomic E-state index is 0.337. The lowest BCUT2D eigenvalue weighted by Gasteiger charge is -2.40. The number of hydrogen-bond acceptors (Lipinski definition) is 4. The fourth-order valence-corrected chi connectivity index (χ4v) is 2.97. The van der Waals surface area contributed by atoms with Crippen LogP contribution in [0.4, 0.5) is 0 Å². The van der Waals surface area contributed by atoms with E-state index in [4.69, 9.17) is 5.73 Å². The van der Waals surface area contributed by atoms with E-state index in [-0.39, 0.29) is 0 Å². The topological polar surface area (TPSA) is 54.2 Å². The normalized spacial score (nSPS) is 24.2. The van der Waals surface area contributed by atoms with Gasteiger partial charge in [0.05, 0.1) is 18.4 Å². The van der Waals surface area contributed by atoms with E-state index in [9.17, 15) is 0 Å². The second kappa shape index (κ2) is 6.17. The molecule has 1 aromatic heterocycles. The SMILES string of the molecule is C=C(NCN)[C@H]1CCC[C@@H](c2ncccc2C)N1C.